The van der Waals surface area contributed by atoms with Gasteiger partial charge in [0.05, 0.1) is 0 Å². The maximum Gasteiger partial charge on any atom is 0.149 e. The van der Waals surface area contributed by atoms with Crippen molar-refractivity contribution in [1.29, 1.82) is 0 Å². The molecule has 0 spiro atoms. The molecule has 0 aliphatic carbocycles. The second-order valence-corrected chi connectivity index (χ2v) is 3.00. The molecule has 1 atom stereocenters. The van der Waals surface area contributed by atoms with Crippen LogP contribution in [0.3, 0.4) is 0 Å². The predicted molar refractivity (Wildman–Crippen MR) is 53.3 cm³/mol. The molecule has 0 aromatic heterocycles. The molecule has 0 heterocycles. The summed E-state index contributed by atoms with van der Waals surface area (Å²) in [5.74, 6) is 0.229. The lowest BCUT2D eigenvalue weighted by Crippen LogP contribution is -2.17. The molecule has 0 bridgehead atoms. The molecule has 0 saturated heterocycles. The molecule has 14 heavy (non-hydrogen) atoms. The summed E-state index contributed by atoms with van der Waals surface area (Å²) in [5.41, 5.74) is 0.980. The van der Waals surface area contributed by atoms with Crippen molar-refractivity contribution in [2.75, 3.05) is 6.61 Å². The van der Waals surface area contributed by atoms with Gasteiger partial charge in [0.2, 0.25) is 0 Å². The van der Waals surface area contributed by atoms with E-state index in [1.54, 1.807) is 24.3 Å². The summed E-state index contributed by atoms with van der Waals surface area (Å²) in [5, 5.41) is 9.05. The molecular formula is C11H14O3. The normalized spacial score (nSPS) is 12.4. The molecule has 0 amide bonds. The summed E-state index contributed by atoms with van der Waals surface area (Å²) in [4.78, 5) is 10.6. The van der Waals surface area contributed by atoms with Gasteiger partial charge in [0.15, 0.2) is 0 Å². The maximum absolute atomic E-state index is 10.6. The standard InChI is InChI=1S/C11H14O3/c1-2-14-11(8-12)7-9-3-5-10(13)6-4-9/h3-6,8,11,13H,2,7H2,1H3/t11-/m0/s1. The Kier molecular flexibility index (Phi) is 4.13. The van der Waals surface area contributed by atoms with E-state index in [4.69, 9.17) is 9.84 Å². The molecule has 0 radical (unpaired) electrons. The van der Waals surface area contributed by atoms with Gasteiger partial charge in [-0.2, -0.15) is 0 Å². The van der Waals surface area contributed by atoms with Crippen LogP contribution in [-0.4, -0.2) is 24.1 Å². The Hall–Kier alpha value is -1.35. The van der Waals surface area contributed by atoms with Gasteiger partial charge < -0.3 is 14.6 Å². The van der Waals surface area contributed by atoms with Crippen molar-refractivity contribution in [3.05, 3.63) is 29.8 Å². The Morgan fingerprint density at radius 1 is 1.43 bits per heavy atom. The van der Waals surface area contributed by atoms with E-state index >= 15 is 0 Å². The van der Waals surface area contributed by atoms with Crippen molar-refractivity contribution in [3.8, 4) is 5.75 Å². The van der Waals surface area contributed by atoms with E-state index in [0.29, 0.717) is 13.0 Å². The molecule has 1 rings (SSSR count). The van der Waals surface area contributed by atoms with Gasteiger partial charge in [0.1, 0.15) is 18.1 Å². The minimum atomic E-state index is -0.385. The monoisotopic (exact) mass is 194 g/mol. The fourth-order valence-electron chi connectivity index (χ4n) is 1.22. The Morgan fingerprint density at radius 3 is 2.57 bits per heavy atom. The SMILES string of the molecule is CCO[C@H](C=O)Cc1ccc(O)cc1. The second-order valence-electron chi connectivity index (χ2n) is 3.00. The average Bonchev–Trinajstić information content (AvgIpc) is 2.20. The zero-order valence-electron chi connectivity index (χ0n) is 8.14. The van der Waals surface area contributed by atoms with Gasteiger partial charge in [-0.1, -0.05) is 12.1 Å². The average molecular weight is 194 g/mol. The molecule has 3 nitrogen and oxygen atoms in total. The number of hydrogen-bond acceptors (Lipinski definition) is 3. The Balaban J connectivity index is 2.57. The number of benzene rings is 1. The van der Waals surface area contributed by atoms with Gasteiger partial charge >= 0.3 is 0 Å². The minimum absolute atomic E-state index is 0.229. The lowest BCUT2D eigenvalue weighted by molar-refractivity contribution is -0.117. The van der Waals surface area contributed by atoms with E-state index in [0.717, 1.165) is 11.8 Å². The Morgan fingerprint density at radius 2 is 2.07 bits per heavy atom. The molecular weight excluding hydrogens is 180 g/mol. The maximum atomic E-state index is 10.6. The smallest absolute Gasteiger partial charge is 0.149 e. The van der Waals surface area contributed by atoms with Gasteiger partial charge in [-0.3, -0.25) is 0 Å². The molecule has 76 valence electrons. The number of ether oxygens (including phenoxy) is 1. The van der Waals surface area contributed by atoms with E-state index in [9.17, 15) is 4.79 Å². The number of aldehydes is 1. The van der Waals surface area contributed by atoms with Crippen LogP contribution in [-0.2, 0) is 16.0 Å². The van der Waals surface area contributed by atoms with Gasteiger partial charge in [-0.05, 0) is 24.6 Å². The van der Waals surface area contributed by atoms with Crippen LogP contribution in [0.4, 0.5) is 0 Å². The van der Waals surface area contributed by atoms with Gasteiger partial charge in [0.25, 0.3) is 0 Å². The first-order chi connectivity index (χ1) is 6.76. The molecule has 1 N–H and O–H groups in total. The van der Waals surface area contributed by atoms with Crippen LogP contribution in [0.25, 0.3) is 0 Å². The van der Waals surface area contributed by atoms with Crippen molar-refractivity contribution >= 4 is 6.29 Å². The highest BCUT2D eigenvalue weighted by Crippen LogP contribution is 2.11. The lowest BCUT2D eigenvalue weighted by atomic mass is 10.1. The minimum Gasteiger partial charge on any atom is -0.508 e. The van der Waals surface area contributed by atoms with E-state index in [2.05, 4.69) is 0 Å². The van der Waals surface area contributed by atoms with Crippen molar-refractivity contribution < 1.29 is 14.6 Å². The number of phenolic OH excluding ortho intramolecular Hbond substituents is 1. The van der Waals surface area contributed by atoms with Crippen molar-refractivity contribution in [1.82, 2.24) is 0 Å². The van der Waals surface area contributed by atoms with Crippen LogP contribution in [0.15, 0.2) is 24.3 Å². The largest absolute Gasteiger partial charge is 0.508 e. The highest BCUT2D eigenvalue weighted by atomic mass is 16.5. The third-order valence-electron chi connectivity index (χ3n) is 1.91. The van der Waals surface area contributed by atoms with Crippen LogP contribution in [0.2, 0.25) is 0 Å². The summed E-state index contributed by atoms with van der Waals surface area (Å²) in [6.07, 6.45) is 0.970. The first-order valence-electron chi connectivity index (χ1n) is 4.61. The summed E-state index contributed by atoms with van der Waals surface area (Å²) in [6, 6.07) is 6.77. The first kappa shape index (κ1) is 10.7. The number of aromatic hydroxyl groups is 1. The number of carbonyl (C=O) groups is 1. The predicted octanol–water partition coefficient (Wildman–Crippen LogP) is 1.54. The van der Waals surface area contributed by atoms with Crippen molar-refractivity contribution in [3.63, 3.8) is 0 Å². The summed E-state index contributed by atoms with van der Waals surface area (Å²) in [6.45, 7) is 2.38. The van der Waals surface area contributed by atoms with Crippen molar-refractivity contribution in [2.45, 2.75) is 19.4 Å². The van der Waals surface area contributed by atoms with E-state index in [1.165, 1.54) is 0 Å². The van der Waals surface area contributed by atoms with E-state index in [-0.39, 0.29) is 11.9 Å². The summed E-state index contributed by atoms with van der Waals surface area (Å²) >= 11 is 0. The zero-order chi connectivity index (χ0) is 10.4. The van der Waals surface area contributed by atoms with Gasteiger partial charge in [0, 0.05) is 13.0 Å². The number of phenols is 1. The number of rotatable bonds is 5. The molecule has 3 heteroatoms. The molecule has 0 aliphatic heterocycles. The molecule has 0 unspecified atom stereocenters. The molecule has 1 aromatic rings. The lowest BCUT2D eigenvalue weighted by Gasteiger charge is -2.09. The third-order valence-corrected chi connectivity index (χ3v) is 1.91. The molecule has 1 aromatic carbocycles. The van der Waals surface area contributed by atoms with Gasteiger partial charge in [-0.15, -0.1) is 0 Å². The molecule has 0 saturated carbocycles. The molecule has 0 fully saturated rings. The number of hydrogen-bond donors (Lipinski definition) is 1. The summed E-state index contributed by atoms with van der Waals surface area (Å²) in [7, 11) is 0. The van der Waals surface area contributed by atoms with Crippen molar-refractivity contribution in [2.24, 2.45) is 0 Å². The van der Waals surface area contributed by atoms with E-state index in [1.807, 2.05) is 6.92 Å². The number of carbonyl (C=O) groups excluding carboxylic acids is 1. The second kappa shape index (κ2) is 5.40. The highest BCUT2D eigenvalue weighted by molar-refractivity contribution is 5.56. The topological polar surface area (TPSA) is 46.5 Å². The highest BCUT2D eigenvalue weighted by Gasteiger charge is 2.07. The van der Waals surface area contributed by atoms with E-state index < -0.39 is 0 Å². The Bertz CT molecular complexity index is 279. The van der Waals surface area contributed by atoms with Crippen LogP contribution in [0, 0.1) is 0 Å². The third kappa shape index (κ3) is 3.18. The first-order valence-corrected chi connectivity index (χ1v) is 4.61. The molecule has 0 aliphatic rings. The fourth-order valence-corrected chi connectivity index (χ4v) is 1.22. The van der Waals surface area contributed by atoms with Crippen LogP contribution >= 0.6 is 0 Å². The van der Waals surface area contributed by atoms with Crippen LogP contribution in [0.5, 0.6) is 5.75 Å². The fraction of sp³-hybridized carbons (Fsp3) is 0.364. The zero-order valence-corrected chi connectivity index (χ0v) is 8.14. The van der Waals surface area contributed by atoms with Gasteiger partial charge in [-0.25, -0.2) is 0 Å². The summed E-state index contributed by atoms with van der Waals surface area (Å²) < 4.78 is 5.19. The van der Waals surface area contributed by atoms with Crippen LogP contribution < -0.4 is 0 Å². The Labute approximate surface area is 83.3 Å². The van der Waals surface area contributed by atoms with Crippen LogP contribution in [0.1, 0.15) is 12.5 Å². The quantitative estimate of drug-likeness (QED) is 0.723.